The highest BCUT2D eigenvalue weighted by atomic mass is 19.1. The van der Waals surface area contributed by atoms with Gasteiger partial charge < -0.3 is 5.32 Å². The highest BCUT2D eigenvalue weighted by Gasteiger charge is 2.20. The molecule has 110 valence electrons. The van der Waals surface area contributed by atoms with Gasteiger partial charge in [0.15, 0.2) is 11.6 Å². The predicted molar refractivity (Wildman–Crippen MR) is 82.6 cm³/mol. The molecule has 1 aliphatic rings. The molecule has 1 N–H and O–H groups in total. The van der Waals surface area contributed by atoms with Gasteiger partial charge in [0.2, 0.25) is 0 Å². The Kier molecular flexibility index (Phi) is 4.46. The van der Waals surface area contributed by atoms with E-state index in [2.05, 4.69) is 39.5 Å². The maximum atomic E-state index is 13.6. The lowest BCUT2D eigenvalue weighted by atomic mass is 10.0. The summed E-state index contributed by atoms with van der Waals surface area (Å²) in [4.78, 5) is 6.49. The number of pyridine rings is 1. The van der Waals surface area contributed by atoms with Crippen molar-refractivity contribution in [2.45, 2.75) is 25.4 Å². The van der Waals surface area contributed by atoms with E-state index in [1.54, 1.807) is 12.3 Å². The Morgan fingerprint density at radius 2 is 2.05 bits per heavy atom. The standard InChI is InChI=1S/C17H20FN3/c18-16-9-4-10-19-17(16)20-15-8-5-11-21(13-15)12-14-6-2-1-3-7-14/h1-4,6-7,9-10,15H,5,8,11-13H2,(H,19,20). The Balaban J connectivity index is 1.60. The largest absolute Gasteiger partial charge is 0.364 e. The first-order chi connectivity index (χ1) is 10.3. The number of benzene rings is 1. The van der Waals surface area contributed by atoms with Crippen molar-refractivity contribution in [2.75, 3.05) is 18.4 Å². The molecule has 3 rings (SSSR count). The lowest BCUT2D eigenvalue weighted by Gasteiger charge is -2.33. The second-order valence-electron chi connectivity index (χ2n) is 5.54. The third kappa shape index (κ3) is 3.79. The molecule has 0 saturated carbocycles. The lowest BCUT2D eigenvalue weighted by molar-refractivity contribution is 0.208. The van der Waals surface area contributed by atoms with Gasteiger partial charge in [0.05, 0.1) is 0 Å². The van der Waals surface area contributed by atoms with E-state index in [-0.39, 0.29) is 11.9 Å². The molecule has 1 aromatic heterocycles. The second-order valence-corrected chi connectivity index (χ2v) is 5.54. The van der Waals surface area contributed by atoms with E-state index >= 15 is 0 Å². The number of hydrogen-bond acceptors (Lipinski definition) is 3. The molecule has 1 fully saturated rings. The molecule has 1 saturated heterocycles. The van der Waals surface area contributed by atoms with Gasteiger partial charge in [-0.15, -0.1) is 0 Å². The molecule has 1 atom stereocenters. The van der Waals surface area contributed by atoms with Gasteiger partial charge in [-0.05, 0) is 37.1 Å². The van der Waals surface area contributed by atoms with Gasteiger partial charge in [0.1, 0.15) is 0 Å². The van der Waals surface area contributed by atoms with Gasteiger partial charge >= 0.3 is 0 Å². The minimum absolute atomic E-state index is 0.256. The lowest BCUT2D eigenvalue weighted by Crippen LogP contribution is -2.41. The summed E-state index contributed by atoms with van der Waals surface area (Å²) in [6, 6.07) is 13.8. The minimum Gasteiger partial charge on any atom is -0.364 e. The fourth-order valence-corrected chi connectivity index (χ4v) is 2.84. The fraction of sp³-hybridized carbons (Fsp3) is 0.353. The quantitative estimate of drug-likeness (QED) is 0.934. The van der Waals surface area contributed by atoms with Crippen molar-refractivity contribution in [1.29, 1.82) is 0 Å². The van der Waals surface area contributed by atoms with Gasteiger partial charge in [-0.2, -0.15) is 0 Å². The number of piperidine rings is 1. The van der Waals surface area contributed by atoms with E-state index in [1.807, 2.05) is 6.07 Å². The van der Waals surface area contributed by atoms with Crippen molar-refractivity contribution in [3.8, 4) is 0 Å². The van der Waals surface area contributed by atoms with Crippen LogP contribution in [-0.4, -0.2) is 29.0 Å². The fourth-order valence-electron chi connectivity index (χ4n) is 2.84. The molecule has 21 heavy (non-hydrogen) atoms. The maximum Gasteiger partial charge on any atom is 0.165 e. The predicted octanol–water partition coefficient (Wildman–Crippen LogP) is 3.30. The molecular formula is C17H20FN3. The van der Waals surface area contributed by atoms with Crippen LogP contribution in [-0.2, 0) is 6.54 Å². The zero-order valence-electron chi connectivity index (χ0n) is 12.0. The number of nitrogens with one attached hydrogen (secondary N) is 1. The van der Waals surface area contributed by atoms with E-state index in [0.29, 0.717) is 5.82 Å². The van der Waals surface area contributed by atoms with Gasteiger partial charge in [0.25, 0.3) is 0 Å². The third-order valence-electron chi connectivity index (χ3n) is 3.85. The molecule has 2 aromatic rings. The van der Waals surface area contributed by atoms with Gasteiger partial charge in [-0.3, -0.25) is 4.90 Å². The van der Waals surface area contributed by atoms with Crippen molar-refractivity contribution in [1.82, 2.24) is 9.88 Å². The van der Waals surface area contributed by atoms with E-state index in [4.69, 9.17) is 0 Å². The SMILES string of the molecule is Fc1cccnc1NC1CCCN(Cc2ccccc2)C1. The van der Waals surface area contributed by atoms with Crippen LogP contribution in [0.15, 0.2) is 48.7 Å². The van der Waals surface area contributed by atoms with Crippen molar-refractivity contribution >= 4 is 5.82 Å². The highest BCUT2D eigenvalue weighted by molar-refractivity contribution is 5.36. The van der Waals surface area contributed by atoms with E-state index in [9.17, 15) is 4.39 Å². The van der Waals surface area contributed by atoms with Crippen molar-refractivity contribution in [3.63, 3.8) is 0 Å². The van der Waals surface area contributed by atoms with Crippen LogP contribution in [0.2, 0.25) is 0 Å². The number of hydrogen-bond donors (Lipinski definition) is 1. The first-order valence-corrected chi connectivity index (χ1v) is 7.44. The summed E-state index contributed by atoms with van der Waals surface area (Å²) in [6.07, 6.45) is 3.80. The zero-order chi connectivity index (χ0) is 14.5. The van der Waals surface area contributed by atoms with Gasteiger partial charge in [-0.1, -0.05) is 30.3 Å². The third-order valence-corrected chi connectivity index (χ3v) is 3.85. The van der Waals surface area contributed by atoms with Crippen LogP contribution >= 0.6 is 0 Å². The molecule has 2 heterocycles. The summed E-state index contributed by atoms with van der Waals surface area (Å²) in [5.74, 6) is 0.0849. The second kappa shape index (κ2) is 6.68. The Morgan fingerprint density at radius 3 is 2.86 bits per heavy atom. The summed E-state index contributed by atoms with van der Waals surface area (Å²) in [6.45, 7) is 2.96. The number of aromatic nitrogens is 1. The van der Waals surface area contributed by atoms with Crippen LogP contribution in [0.4, 0.5) is 10.2 Å². The van der Waals surface area contributed by atoms with Gasteiger partial charge in [-0.25, -0.2) is 9.37 Å². The molecule has 1 unspecified atom stereocenters. The molecule has 0 bridgehead atoms. The average Bonchev–Trinajstić information content (AvgIpc) is 2.51. The molecule has 0 spiro atoms. The van der Waals surface area contributed by atoms with Crippen molar-refractivity contribution < 1.29 is 4.39 Å². The Bertz CT molecular complexity index is 573. The number of likely N-dealkylation sites (tertiary alicyclic amines) is 1. The summed E-state index contributed by atoms with van der Waals surface area (Å²) in [5.41, 5.74) is 1.32. The summed E-state index contributed by atoms with van der Waals surface area (Å²) < 4.78 is 13.6. The number of halogens is 1. The number of anilines is 1. The monoisotopic (exact) mass is 285 g/mol. The maximum absolute atomic E-state index is 13.6. The molecule has 0 aliphatic carbocycles. The summed E-state index contributed by atoms with van der Waals surface area (Å²) >= 11 is 0. The molecule has 1 aromatic carbocycles. The van der Waals surface area contributed by atoms with Gasteiger partial charge in [0, 0.05) is 25.3 Å². The Hall–Kier alpha value is -1.94. The van der Waals surface area contributed by atoms with Crippen LogP contribution in [0.1, 0.15) is 18.4 Å². The van der Waals surface area contributed by atoms with Crippen LogP contribution in [0, 0.1) is 5.82 Å². The topological polar surface area (TPSA) is 28.2 Å². The van der Waals surface area contributed by atoms with Crippen LogP contribution in [0.5, 0.6) is 0 Å². The van der Waals surface area contributed by atoms with Crippen molar-refractivity contribution in [3.05, 3.63) is 60.0 Å². The average molecular weight is 285 g/mol. The number of rotatable bonds is 4. The molecule has 0 radical (unpaired) electrons. The molecule has 0 amide bonds. The normalized spacial score (nSPS) is 19.4. The number of nitrogens with zero attached hydrogens (tertiary/aromatic N) is 2. The molecule has 1 aliphatic heterocycles. The van der Waals surface area contributed by atoms with Crippen LogP contribution in [0.25, 0.3) is 0 Å². The van der Waals surface area contributed by atoms with Crippen LogP contribution < -0.4 is 5.32 Å². The highest BCUT2D eigenvalue weighted by Crippen LogP contribution is 2.18. The van der Waals surface area contributed by atoms with Crippen molar-refractivity contribution in [2.24, 2.45) is 0 Å². The molecular weight excluding hydrogens is 265 g/mol. The summed E-state index contributed by atoms with van der Waals surface area (Å²) in [7, 11) is 0. The van der Waals surface area contributed by atoms with E-state index in [1.165, 1.54) is 11.6 Å². The first kappa shape index (κ1) is 14.0. The zero-order valence-corrected chi connectivity index (χ0v) is 12.0. The minimum atomic E-state index is -0.280. The Morgan fingerprint density at radius 1 is 1.19 bits per heavy atom. The van der Waals surface area contributed by atoms with E-state index in [0.717, 1.165) is 32.5 Å². The first-order valence-electron chi connectivity index (χ1n) is 7.44. The smallest absolute Gasteiger partial charge is 0.165 e. The molecule has 4 heteroatoms. The molecule has 3 nitrogen and oxygen atoms in total. The van der Waals surface area contributed by atoms with E-state index < -0.39 is 0 Å². The summed E-state index contributed by atoms with van der Waals surface area (Å²) in [5, 5.41) is 3.24. The van der Waals surface area contributed by atoms with Crippen LogP contribution in [0.3, 0.4) is 0 Å². The Labute approximate surface area is 124 Å².